The van der Waals surface area contributed by atoms with Crippen molar-refractivity contribution in [2.75, 3.05) is 20.8 Å². The van der Waals surface area contributed by atoms with Crippen LogP contribution in [0.5, 0.6) is 11.5 Å². The van der Waals surface area contributed by atoms with Crippen LogP contribution in [0.4, 0.5) is 0 Å². The summed E-state index contributed by atoms with van der Waals surface area (Å²) in [5.74, 6) is 0.573. The molecule has 0 aliphatic heterocycles. The van der Waals surface area contributed by atoms with Crippen LogP contribution in [0, 0.1) is 11.3 Å². The van der Waals surface area contributed by atoms with Crippen LogP contribution >= 0.6 is 0 Å². The highest BCUT2D eigenvalue weighted by atomic mass is 16.5. The number of unbranched alkanes of at least 4 members (excludes halogenated alkanes) is 7. The fraction of sp³-hybridized carbons (Fsp3) is 0.545. The molecule has 0 spiro atoms. The summed E-state index contributed by atoms with van der Waals surface area (Å²) in [4.78, 5) is 12.0. The first-order valence-electron chi connectivity index (χ1n) is 9.67. The van der Waals surface area contributed by atoms with Gasteiger partial charge in [-0.3, -0.25) is 0 Å². The van der Waals surface area contributed by atoms with E-state index in [9.17, 15) is 10.1 Å². The molecule has 1 aromatic rings. The van der Waals surface area contributed by atoms with E-state index in [1.54, 1.807) is 25.3 Å². The molecule has 0 saturated carbocycles. The van der Waals surface area contributed by atoms with Gasteiger partial charge in [-0.25, -0.2) is 4.79 Å². The van der Waals surface area contributed by atoms with Crippen LogP contribution in [0.2, 0.25) is 0 Å². The quantitative estimate of drug-likeness (QED) is 0.203. The molecule has 27 heavy (non-hydrogen) atoms. The molecular formula is C22H31NO4. The van der Waals surface area contributed by atoms with Gasteiger partial charge >= 0.3 is 5.97 Å². The van der Waals surface area contributed by atoms with Gasteiger partial charge in [0.05, 0.1) is 26.4 Å². The second-order valence-electron chi connectivity index (χ2n) is 6.38. The van der Waals surface area contributed by atoms with Gasteiger partial charge in [0.15, 0.2) is 11.5 Å². The number of hydrogen-bond donors (Lipinski definition) is 0. The molecule has 0 bridgehead atoms. The molecule has 0 atom stereocenters. The third kappa shape index (κ3) is 8.63. The molecule has 0 radical (unpaired) electrons. The number of esters is 1. The highest BCUT2D eigenvalue weighted by Crippen LogP contribution is 2.30. The van der Waals surface area contributed by atoms with E-state index in [0.29, 0.717) is 23.7 Å². The van der Waals surface area contributed by atoms with Gasteiger partial charge in [0.2, 0.25) is 0 Å². The van der Waals surface area contributed by atoms with Crippen LogP contribution in [-0.2, 0) is 9.53 Å². The van der Waals surface area contributed by atoms with Crippen molar-refractivity contribution < 1.29 is 19.0 Å². The van der Waals surface area contributed by atoms with Crippen molar-refractivity contribution in [1.82, 2.24) is 0 Å². The fourth-order valence-corrected chi connectivity index (χ4v) is 2.75. The number of nitrogens with zero attached hydrogens (tertiary/aromatic N) is 1. The molecule has 148 valence electrons. The first-order valence-corrected chi connectivity index (χ1v) is 9.67. The summed E-state index contributed by atoms with van der Waals surface area (Å²) in [5.41, 5.74) is 0.816. The maximum Gasteiger partial charge on any atom is 0.332 e. The first kappa shape index (κ1) is 22.6. The standard InChI is InChI=1S/C22H31NO4/c1-4-5-6-7-8-9-10-11-14-27-22(24)16-19(17-23)18-12-13-20(25-2)21(15-18)26-3/h12-13,15-16H,4-11,14H2,1-3H3. The maximum absolute atomic E-state index is 12.0. The molecule has 0 aliphatic rings. The van der Waals surface area contributed by atoms with Crippen LogP contribution < -0.4 is 9.47 Å². The lowest BCUT2D eigenvalue weighted by Crippen LogP contribution is -2.03. The number of carbonyl (C=O) groups is 1. The van der Waals surface area contributed by atoms with Crippen molar-refractivity contribution in [3.63, 3.8) is 0 Å². The number of benzene rings is 1. The number of rotatable bonds is 13. The Labute approximate surface area is 162 Å². The first-order chi connectivity index (χ1) is 13.2. The Kier molecular flexibility index (Phi) is 11.4. The molecule has 0 unspecified atom stereocenters. The van der Waals surface area contributed by atoms with Crippen molar-refractivity contribution in [1.29, 1.82) is 5.26 Å². The van der Waals surface area contributed by atoms with E-state index >= 15 is 0 Å². The predicted molar refractivity (Wildman–Crippen MR) is 107 cm³/mol. The average molecular weight is 373 g/mol. The van der Waals surface area contributed by atoms with E-state index in [1.165, 1.54) is 51.7 Å². The summed E-state index contributed by atoms with van der Waals surface area (Å²) < 4.78 is 15.6. The summed E-state index contributed by atoms with van der Waals surface area (Å²) in [6, 6.07) is 7.11. The summed E-state index contributed by atoms with van der Waals surface area (Å²) in [7, 11) is 3.07. The van der Waals surface area contributed by atoms with E-state index < -0.39 is 5.97 Å². The van der Waals surface area contributed by atoms with Gasteiger partial charge in [0.1, 0.15) is 6.07 Å². The molecule has 0 N–H and O–H groups in total. The Hall–Kier alpha value is -2.48. The monoisotopic (exact) mass is 373 g/mol. The molecule has 5 heteroatoms. The third-order valence-corrected chi connectivity index (χ3v) is 4.32. The minimum atomic E-state index is -0.496. The fourth-order valence-electron chi connectivity index (χ4n) is 2.75. The van der Waals surface area contributed by atoms with Gasteiger partial charge in [-0.15, -0.1) is 0 Å². The van der Waals surface area contributed by atoms with Crippen LogP contribution in [0.25, 0.3) is 5.57 Å². The topological polar surface area (TPSA) is 68.6 Å². The number of nitriles is 1. The number of hydrogen-bond acceptors (Lipinski definition) is 5. The van der Waals surface area contributed by atoms with Gasteiger partial charge in [0, 0.05) is 6.08 Å². The van der Waals surface area contributed by atoms with E-state index in [2.05, 4.69) is 6.92 Å². The van der Waals surface area contributed by atoms with Crippen molar-refractivity contribution in [2.45, 2.75) is 58.3 Å². The highest BCUT2D eigenvalue weighted by Gasteiger charge is 2.10. The summed E-state index contributed by atoms with van der Waals surface area (Å²) in [5, 5.41) is 9.35. The van der Waals surface area contributed by atoms with Crippen molar-refractivity contribution in [3.8, 4) is 17.6 Å². The normalized spacial score (nSPS) is 11.0. The van der Waals surface area contributed by atoms with Gasteiger partial charge in [0.25, 0.3) is 0 Å². The van der Waals surface area contributed by atoms with Crippen LogP contribution in [0.1, 0.15) is 63.9 Å². The number of allylic oxidation sites excluding steroid dienone is 1. The van der Waals surface area contributed by atoms with E-state index in [0.717, 1.165) is 12.8 Å². The SMILES string of the molecule is CCCCCCCCCCOC(=O)C=C(C#N)c1ccc(OC)c(OC)c1. The zero-order chi connectivity index (χ0) is 19.9. The predicted octanol–water partition coefficient (Wildman–Crippen LogP) is 5.29. The lowest BCUT2D eigenvalue weighted by molar-refractivity contribution is -0.137. The number of methoxy groups -OCH3 is 2. The second kappa shape index (κ2) is 13.7. The molecule has 5 nitrogen and oxygen atoms in total. The average Bonchev–Trinajstić information content (AvgIpc) is 2.70. The smallest absolute Gasteiger partial charge is 0.332 e. The summed E-state index contributed by atoms with van der Waals surface area (Å²) in [6.07, 6.45) is 10.7. The molecule has 0 aliphatic carbocycles. The summed E-state index contributed by atoms with van der Waals surface area (Å²) in [6.45, 7) is 2.60. The largest absolute Gasteiger partial charge is 0.493 e. The lowest BCUT2D eigenvalue weighted by Gasteiger charge is -2.09. The summed E-state index contributed by atoms with van der Waals surface area (Å²) >= 11 is 0. The number of carbonyl (C=O) groups excluding carboxylic acids is 1. The zero-order valence-electron chi connectivity index (χ0n) is 16.8. The Balaban J connectivity index is 2.43. The van der Waals surface area contributed by atoms with Crippen LogP contribution in [0.3, 0.4) is 0 Å². The molecular weight excluding hydrogens is 342 g/mol. The van der Waals surface area contributed by atoms with Gasteiger partial charge in [-0.2, -0.15) is 5.26 Å². The van der Waals surface area contributed by atoms with Crippen LogP contribution in [0.15, 0.2) is 24.3 Å². The van der Waals surface area contributed by atoms with Gasteiger partial charge in [-0.05, 0) is 30.2 Å². The Bertz CT molecular complexity index is 646. The van der Waals surface area contributed by atoms with E-state index in [-0.39, 0.29) is 5.57 Å². The zero-order valence-corrected chi connectivity index (χ0v) is 16.8. The second-order valence-corrected chi connectivity index (χ2v) is 6.38. The van der Waals surface area contributed by atoms with Gasteiger partial charge < -0.3 is 14.2 Å². The van der Waals surface area contributed by atoms with Crippen molar-refractivity contribution in [3.05, 3.63) is 29.8 Å². The Morgan fingerprint density at radius 3 is 2.22 bits per heavy atom. The molecule has 0 fully saturated rings. The van der Waals surface area contributed by atoms with Crippen molar-refractivity contribution >= 4 is 11.5 Å². The molecule has 1 rings (SSSR count). The van der Waals surface area contributed by atoms with Crippen LogP contribution in [-0.4, -0.2) is 26.8 Å². The molecule has 0 saturated heterocycles. The number of ether oxygens (including phenoxy) is 3. The Morgan fingerprint density at radius 1 is 1.00 bits per heavy atom. The lowest BCUT2D eigenvalue weighted by atomic mass is 10.1. The molecule has 0 heterocycles. The van der Waals surface area contributed by atoms with E-state index in [4.69, 9.17) is 14.2 Å². The third-order valence-electron chi connectivity index (χ3n) is 4.32. The molecule has 0 amide bonds. The molecule has 1 aromatic carbocycles. The Morgan fingerprint density at radius 2 is 1.63 bits per heavy atom. The van der Waals surface area contributed by atoms with Crippen molar-refractivity contribution in [2.24, 2.45) is 0 Å². The minimum Gasteiger partial charge on any atom is -0.493 e. The minimum absolute atomic E-state index is 0.233. The maximum atomic E-state index is 12.0. The van der Waals surface area contributed by atoms with E-state index in [1.807, 2.05) is 6.07 Å². The molecule has 0 aromatic heterocycles. The van der Waals surface area contributed by atoms with Gasteiger partial charge in [-0.1, -0.05) is 51.9 Å². The highest BCUT2D eigenvalue weighted by molar-refractivity contribution is 5.95.